The number of benzene rings is 1. The molecule has 0 aliphatic carbocycles. The van der Waals surface area contributed by atoms with Crippen molar-refractivity contribution in [2.45, 2.75) is 52.2 Å². The van der Waals surface area contributed by atoms with Crippen LogP contribution in [0.25, 0.3) is 0 Å². The zero-order valence-corrected chi connectivity index (χ0v) is 13.6. The van der Waals surface area contributed by atoms with Crippen molar-refractivity contribution >= 4 is 21.8 Å². The van der Waals surface area contributed by atoms with E-state index in [9.17, 15) is 4.79 Å². The average molecular weight is 327 g/mol. The number of hydrogen-bond donors (Lipinski definition) is 2. The molecule has 2 N–H and O–H groups in total. The summed E-state index contributed by atoms with van der Waals surface area (Å²) < 4.78 is 1.05. The Balaban J connectivity index is 2.56. The fourth-order valence-corrected chi connectivity index (χ4v) is 2.21. The van der Waals surface area contributed by atoms with Gasteiger partial charge in [-0.15, -0.1) is 0 Å². The van der Waals surface area contributed by atoms with Gasteiger partial charge < -0.3 is 5.32 Å². The highest BCUT2D eigenvalue weighted by molar-refractivity contribution is 9.10. The number of carbonyl (C=O) groups is 1. The van der Waals surface area contributed by atoms with Crippen molar-refractivity contribution in [2.24, 2.45) is 0 Å². The second-order valence-electron chi connectivity index (χ2n) is 4.98. The van der Waals surface area contributed by atoms with Gasteiger partial charge in [0.05, 0.1) is 6.04 Å². The van der Waals surface area contributed by atoms with E-state index in [0.29, 0.717) is 0 Å². The van der Waals surface area contributed by atoms with E-state index in [-0.39, 0.29) is 24.0 Å². The summed E-state index contributed by atoms with van der Waals surface area (Å²) in [6, 6.07) is 8.27. The molecule has 0 aliphatic rings. The van der Waals surface area contributed by atoms with Crippen LogP contribution in [0.4, 0.5) is 0 Å². The fourth-order valence-electron chi connectivity index (χ4n) is 1.79. The molecule has 0 spiro atoms. The van der Waals surface area contributed by atoms with Gasteiger partial charge in [0.2, 0.25) is 5.91 Å². The summed E-state index contributed by atoms with van der Waals surface area (Å²) >= 11 is 3.46. The molecule has 0 radical (unpaired) electrons. The highest BCUT2D eigenvalue weighted by atomic mass is 79.9. The van der Waals surface area contributed by atoms with Crippen molar-refractivity contribution in [3.63, 3.8) is 0 Å². The summed E-state index contributed by atoms with van der Waals surface area (Å²) in [6.07, 6.45) is 0.944. The van der Waals surface area contributed by atoms with E-state index >= 15 is 0 Å². The Kier molecular flexibility index (Phi) is 6.52. The summed E-state index contributed by atoms with van der Waals surface area (Å²) in [5.41, 5.74) is 1.16. The molecule has 0 bridgehead atoms. The summed E-state index contributed by atoms with van der Waals surface area (Å²) in [6.45, 7) is 8.04. The predicted molar refractivity (Wildman–Crippen MR) is 83.1 cm³/mol. The van der Waals surface area contributed by atoms with E-state index in [4.69, 9.17) is 0 Å². The van der Waals surface area contributed by atoms with Gasteiger partial charge in [0.25, 0.3) is 0 Å². The van der Waals surface area contributed by atoms with Crippen LogP contribution in [-0.2, 0) is 4.79 Å². The van der Waals surface area contributed by atoms with Crippen LogP contribution in [0.15, 0.2) is 28.7 Å². The Labute approximate surface area is 124 Å². The van der Waals surface area contributed by atoms with E-state index in [1.54, 1.807) is 0 Å². The van der Waals surface area contributed by atoms with Gasteiger partial charge in [0, 0.05) is 16.6 Å². The molecule has 0 saturated carbocycles. The van der Waals surface area contributed by atoms with Crippen LogP contribution in [-0.4, -0.2) is 18.0 Å². The van der Waals surface area contributed by atoms with Crippen molar-refractivity contribution in [3.8, 4) is 0 Å². The minimum Gasteiger partial charge on any atom is -0.352 e. The Morgan fingerprint density at radius 2 is 2.00 bits per heavy atom. The standard InChI is InChI=1S/C15H23BrN2O/c1-5-10(2)17-15(19)12(4)18-11(3)13-7-6-8-14(16)9-13/h6-12,18H,5H2,1-4H3,(H,17,19). The lowest BCUT2D eigenvalue weighted by molar-refractivity contribution is -0.123. The number of hydrogen-bond acceptors (Lipinski definition) is 2. The molecule has 0 aromatic heterocycles. The topological polar surface area (TPSA) is 41.1 Å². The molecule has 0 fully saturated rings. The number of carbonyl (C=O) groups excluding carboxylic acids is 1. The first kappa shape index (κ1) is 16.2. The molecular weight excluding hydrogens is 304 g/mol. The summed E-state index contributed by atoms with van der Waals surface area (Å²) in [5, 5.41) is 6.31. The molecule has 0 saturated heterocycles. The Hall–Kier alpha value is -0.870. The van der Waals surface area contributed by atoms with Gasteiger partial charge in [-0.1, -0.05) is 35.0 Å². The Morgan fingerprint density at radius 3 is 2.58 bits per heavy atom. The lowest BCUT2D eigenvalue weighted by Gasteiger charge is -2.22. The Bertz CT molecular complexity index is 422. The number of nitrogens with one attached hydrogen (secondary N) is 2. The third kappa shape index (κ3) is 5.33. The summed E-state index contributed by atoms with van der Waals surface area (Å²) in [5.74, 6) is 0.0520. The molecule has 1 rings (SSSR count). The van der Waals surface area contributed by atoms with Crippen molar-refractivity contribution in [1.82, 2.24) is 10.6 Å². The van der Waals surface area contributed by atoms with Crippen LogP contribution in [0, 0.1) is 0 Å². The van der Waals surface area contributed by atoms with Gasteiger partial charge in [-0.25, -0.2) is 0 Å². The predicted octanol–water partition coefficient (Wildman–Crippen LogP) is 3.40. The second kappa shape index (κ2) is 7.65. The largest absolute Gasteiger partial charge is 0.352 e. The molecule has 1 amide bonds. The van der Waals surface area contributed by atoms with Gasteiger partial charge in [-0.05, 0) is 44.9 Å². The van der Waals surface area contributed by atoms with Crippen molar-refractivity contribution in [1.29, 1.82) is 0 Å². The highest BCUT2D eigenvalue weighted by Gasteiger charge is 2.17. The minimum absolute atomic E-state index is 0.0520. The van der Waals surface area contributed by atoms with Crippen LogP contribution in [0.1, 0.15) is 45.7 Å². The van der Waals surface area contributed by atoms with E-state index < -0.39 is 0 Å². The fraction of sp³-hybridized carbons (Fsp3) is 0.533. The third-order valence-corrected chi connectivity index (χ3v) is 3.74. The smallest absolute Gasteiger partial charge is 0.237 e. The van der Waals surface area contributed by atoms with E-state index in [0.717, 1.165) is 16.5 Å². The van der Waals surface area contributed by atoms with E-state index in [1.165, 1.54) is 0 Å². The normalized spacial score (nSPS) is 15.6. The SMILES string of the molecule is CCC(C)NC(=O)C(C)NC(C)c1cccc(Br)c1. The zero-order valence-electron chi connectivity index (χ0n) is 12.0. The molecule has 0 heterocycles. The third-order valence-electron chi connectivity index (χ3n) is 3.24. The van der Waals surface area contributed by atoms with Gasteiger partial charge >= 0.3 is 0 Å². The number of halogens is 1. The first-order chi connectivity index (χ1) is 8.93. The number of amides is 1. The van der Waals surface area contributed by atoms with Crippen molar-refractivity contribution < 1.29 is 4.79 Å². The van der Waals surface area contributed by atoms with Gasteiger partial charge in [0.15, 0.2) is 0 Å². The van der Waals surface area contributed by atoms with Crippen LogP contribution in [0.5, 0.6) is 0 Å². The molecule has 4 heteroatoms. The van der Waals surface area contributed by atoms with Crippen LogP contribution >= 0.6 is 15.9 Å². The van der Waals surface area contributed by atoms with E-state index in [2.05, 4.69) is 52.5 Å². The van der Waals surface area contributed by atoms with Crippen molar-refractivity contribution in [2.75, 3.05) is 0 Å². The van der Waals surface area contributed by atoms with Crippen LogP contribution in [0.2, 0.25) is 0 Å². The maximum Gasteiger partial charge on any atom is 0.237 e. The number of rotatable bonds is 6. The molecular formula is C15H23BrN2O. The van der Waals surface area contributed by atoms with Gasteiger partial charge in [-0.3, -0.25) is 10.1 Å². The van der Waals surface area contributed by atoms with Gasteiger partial charge in [-0.2, -0.15) is 0 Å². The lowest BCUT2D eigenvalue weighted by atomic mass is 10.1. The highest BCUT2D eigenvalue weighted by Crippen LogP contribution is 2.18. The maximum absolute atomic E-state index is 12.0. The first-order valence-electron chi connectivity index (χ1n) is 6.76. The van der Waals surface area contributed by atoms with E-state index in [1.807, 2.05) is 26.0 Å². The minimum atomic E-state index is -0.206. The van der Waals surface area contributed by atoms with Gasteiger partial charge in [0.1, 0.15) is 0 Å². The molecule has 3 nitrogen and oxygen atoms in total. The molecule has 3 unspecified atom stereocenters. The maximum atomic E-state index is 12.0. The quantitative estimate of drug-likeness (QED) is 0.841. The molecule has 106 valence electrons. The Morgan fingerprint density at radius 1 is 1.32 bits per heavy atom. The second-order valence-corrected chi connectivity index (χ2v) is 5.90. The zero-order chi connectivity index (χ0) is 14.4. The monoisotopic (exact) mass is 326 g/mol. The average Bonchev–Trinajstić information content (AvgIpc) is 2.38. The molecule has 3 atom stereocenters. The first-order valence-corrected chi connectivity index (χ1v) is 7.55. The lowest BCUT2D eigenvalue weighted by Crippen LogP contribution is -2.45. The van der Waals surface area contributed by atoms with Crippen LogP contribution < -0.4 is 10.6 Å². The molecule has 1 aromatic rings. The van der Waals surface area contributed by atoms with Crippen LogP contribution in [0.3, 0.4) is 0 Å². The molecule has 1 aromatic carbocycles. The summed E-state index contributed by atoms with van der Waals surface area (Å²) in [4.78, 5) is 12.0. The summed E-state index contributed by atoms with van der Waals surface area (Å²) in [7, 11) is 0. The molecule has 19 heavy (non-hydrogen) atoms. The van der Waals surface area contributed by atoms with Crippen molar-refractivity contribution in [3.05, 3.63) is 34.3 Å². The molecule has 0 aliphatic heterocycles.